The van der Waals surface area contributed by atoms with E-state index in [9.17, 15) is 14.7 Å². The molecule has 0 radical (unpaired) electrons. The second kappa shape index (κ2) is 8.02. The molecule has 0 aliphatic carbocycles. The van der Waals surface area contributed by atoms with E-state index in [1.54, 1.807) is 13.0 Å². The molecular weight excluding hydrogens is 336 g/mol. The predicted octanol–water partition coefficient (Wildman–Crippen LogP) is 3.63. The van der Waals surface area contributed by atoms with Gasteiger partial charge in [-0.2, -0.15) is 0 Å². The second-order valence-electron chi connectivity index (χ2n) is 4.95. The molecule has 21 heavy (non-hydrogen) atoms. The van der Waals surface area contributed by atoms with E-state index in [4.69, 9.17) is 0 Å². The molecule has 116 valence electrons. The van der Waals surface area contributed by atoms with Gasteiger partial charge in [-0.3, -0.25) is 0 Å². The van der Waals surface area contributed by atoms with E-state index < -0.39 is 18.0 Å². The van der Waals surface area contributed by atoms with Crippen LogP contribution < -0.4 is 10.6 Å². The number of anilines is 1. The summed E-state index contributed by atoms with van der Waals surface area (Å²) in [4.78, 5) is 23.2. The van der Waals surface area contributed by atoms with Gasteiger partial charge in [-0.15, -0.1) is 0 Å². The Morgan fingerprint density at radius 2 is 2.00 bits per heavy atom. The van der Waals surface area contributed by atoms with Gasteiger partial charge in [0, 0.05) is 10.2 Å². The van der Waals surface area contributed by atoms with E-state index >= 15 is 0 Å². The molecule has 0 saturated carbocycles. The van der Waals surface area contributed by atoms with Crippen LogP contribution in [0.25, 0.3) is 0 Å². The van der Waals surface area contributed by atoms with Crippen LogP contribution in [0.5, 0.6) is 0 Å². The van der Waals surface area contributed by atoms with Crippen LogP contribution in [-0.4, -0.2) is 23.1 Å². The summed E-state index contributed by atoms with van der Waals surface area (Å²) < 4.78 is 0.938. The largest absolute Gasteiger partial charge is 0.480 e. The molecule has 0 aliphatic heterocycles. The average Bonchev–Trinajstić information content (AvgIpc) is 2.45. The van der Waals surface area contributed by atoms with Crippen LogP contribution in [-0.2, 0) is 11.2 Å². The molecule has 0 spiro atoms. The van der Waals surface area contributed by atoms with Gasteiger partial charge >= 0.3 is 12.0 Å². The second-order valence-corrected chi connectivity index (χ2v) is 5.87. The van der Waals surface area contributed by atoms with Gasteiger partial charge in [0.1, 0.15) is 6.04 Å². The number of halogens is 1. The number of hydrogen-bond acceptors (Lipinski definition) is 2. The van der Waals surface area contributed by atoms with E-state index in [-0.39, 0.29) is 5.92 Å². The zero-order chi connectivity index (χ0) is 16.0. The monoisotopic (exact) mass is 356 g/mol. The van der Waals surface area contributed by atoms with Crippen molar-refractivity contribution in [2.75, 3.05) is 5.32 Å². The number of hydrogen-bond donors (Lipinski definition) is 3. The molecule has 0 heterocycles. The minimum absolute atomic E-state index is 0.135. The number of rotatable bonds is 6. The van der Waals surface area contributed by atoms with E-state index in [1.807, 2.05) is 26.0 Å². The zero-order valence-corrected chi connectivity index (χ0v) is 14.0. The summed E-state index contributed by atoms with van der Waals surface area (Å²) in [6.45, 7) is 5.68. The number of carbonyl (C=O) groups is 2. The molecule has 3 N–H and O–H groups in total. The number of carboxylic acid groups (broad SMARTS) is 1. The third-order valence-electron chi connectivity index (χ3n) is 3.46. The summed E-state index contributed by atoms with van der Waals surface area (Å²) in [5, 5.41) is 14.4. The summed E-state index contributed by atoms with van der Waals surface area (Å²) >= 11 is 3.39. The Balaban J connectivity index is 2.79. The smallest absolute Gasteiger partial charge is 0.326 e. The Morgan fingerprint density at radius 1 is 1.33 bits per heavy atom. The first-order chi connectivity index (χ1) is 9.88. The topological polar surface area (TPSA) is 78.4 Å². The number of benzene rings is 1. The SMILES string of the molecule is CCc1cc(Br)ccc1NC(=O)N[C@H](C(=O)O)[C@@H](C)CC. The van der Waals surface area contributed by atoms with Crippen molar-refractivity contribution in [2.24, 2.45) is 5.92 Å². The summed E-state index contributed by atoms with van der Waals surface area (Å²) in [5.74, 6) is -1.16. The highest BCUT2D eigenvalue weighted by Gasteiger charge is 2.25. The lowest BCUT2D eigenvalue weighted by Gasteiger charge is -2.21. The standard InChI is InChI=1S/C15H21BrN2O3/c1-4-9(3)13(14(19)20)18-15(21)17-12-7-6-11(16)8-10(12)5-2/h6-9,13H,4-5H2,1-3H3,(H,19,20)(H2,17,18,21)/t9-,13-/m0/s1. The van der Waals surface area contributed by atoms with Gasteiger partial charge in [-0.05, 0) is 36.1 Å². The fraction of sp³-hybridized carbons (Fsp3) is 0.467. The molecule has 5 nitrogen and oxygen atoms in total. The van der Waals surface area contributed by atoms with Crippen molar-refractivity contribution in [1.82, 2.24) is 5.32 Å². The molecule has 0 fully saturated rings. The molecule has 0 aromatic heterocycles. The quantitative estimate of drug-likeness (QED) is 0.727. The first-order valence-electron chi connectivity index (χ1n) is 6.97. The van der Waals surface area contributed by atoms with Gasteiger partial charge in [0.2, 0.25) is 0 Å². The van der Waals surface area contributed by atoms with Crippen molar-refractivity contribution >= 4 is 33.6 Å². The minimum Gasteiger partial charge on any atom is -0.480 e. The summed E-state index contributed by atoms with van der Waals surface area (Å²) in [7, 11) is 0. The van der Waals surface area contributed by atoms with Crippen molar-refractivity contribution in [1.29, 1.82) is 0 Å². The summed E-state index contributed by atoms with van der Waals surface area (Å²) in [6.07, 6.45) is 1.44. The lowest BCUT2D eigenvalue weighted by atomic mass is 9.99. The van der Waals surface area contributed by atoms with Gasteiger partial charge in [0.25, 0.3) is 0 Å². The Hall–Kier alpha value is -1.56. The first kappa shape index (κ1) is 17.5. The van der Waals surface area contributed by atoms with Crippen LogP contribution in [0.4, 0.5) is 10.5 Å². The third-order valence-corrected chi connectivity index (χ3v) is 3.96. The highest BCUT2D eigenvalue weighted by molar-refractivity contribution is 9.10. The van der Waals surface area contributed by atoms with E-state index in [2.05, 4.69) is 26.6 Å². The van der Waals surface area contributed by atoms with Crippen LogP contribution in [0.15, 0.2) is 22.7 Å². The fourth-order valence-corrected chi connectivity index (χ4v) is 2.37. The van der Waals surface area contributed by atoms with E-state index in [1.165, 1.54) is 0 Å². The van der Waals surface area contributed by atoms with Crippen LogP contribution in [0.3, 0.4) is 0 Å². The molecule has 2 amide bonds. The summed E-state index contributed by atoms with van der Waals surface area (Å²) in [6, 6.07) is 4.16. The van der Waals surface area contributed by atoms with Gasteiger partial charge < -0.3 is 15.7 Å². The van der Waals surface area contributed by atoms with Gasteiger partial charge in [0.15, 0.2) is 0 Å². The van der Waals surface area contributed by atoms with Crippen LogP contribution in [0.2, 0.25) is 0 Å². The number of amides is 2. The molecule has 1 rings (SSSR count). The number of carboxylic acids is 1. The normalized spacial score (nSPS) is 13.3. The van der Waals surface area contributed by atoms with E-state index in [0.717, 1.165) is 16.5 Å². The number of carbonyl (C=O) groups excluding carboxylic acids is 1. The molecule has 2 atom stereocenters. The molecule has 0 unspecified atom stereocenters. The average molecular weight is 357 g/mol. The maximum absolute atomic E-state index is 12.0. The predicted molar refractivity (Wildman–Crippen MR) is 86.6 cm³/mol. The van der Waals surface area contributed by atoms with Crippen molar-refractivity contribution in [3.05, 3.63) is 28.2 Å². The molecule has 6 heteroatoms. The van der Waals surface area contributed by atoms with Gasteiger partial charge in [-0.1, -0.05) is 43.1 Å². The first-order valence-corrected chi connectivity index (χ1v) is 7.77. The number of aryl methyl sites for hydroxylation is 1. The number of urea groups is 1. The molecule has 0 aliphatic rings. The third kappa shape index (κ3) is 5.04. The highest BCUT2D eigenvalue weighted by atomic mass is 79.9. The molecular formula is C15H21BrN2O3. The maximum atomic E-state index is 12.0. The summed E-state index contributed by atoms with van der Waals surface area (Å²) in [5.41, 5.74) is 1.67. The number of nitrogens with one attached hydrogen (secondary N) is 2. The Morgan fingerprint density at radius 3 is 2.52 bits per heavy atom. The minimum atomic E-state index is -1.02. The molecule has 0 saturated heterocycles. The van der Waals surface area contributed by atoms with Crippen LogP contribution in [0, 0.1) is 5.92 Å². The number of aliphatic carboxylic acids is 1. The molecule has 1 aromatic rings. The highest BCUT2D eigenvalue weighted by Crippen LogP contribution is 2.21. The fourth-order valence-electron chi connectivity index (χ4n) is 1.96. The van der Waals surface area contributed by atoms with Crippen LogP contribution >= 0.6 is 15.9 Å². The van der Waals surface area contributed by atoms with Crippen molar-refractivity contribution in [2.45, 2.75) is 39.7 Å². The lowest BCUT2D eigenvalue weighted by Crippen LogP contribution is -2.46. The van der Waals surface area contributed by atoms with Crippen LogP contribution in [0.1, 0.15) is 32.8 Å². The van der Waals surface area contributed by atoms with E-state index in [0.29, 0.717) is 12.1 Å². The lowest BCUT2D eigenvalue weighted by molar-refractivity contribution is -0.140. The van der Waals surface area contributed by atoms with Gasteiger partial charge in [0.05, 0.1) is 0 Å². The maximum Gasteiger partial charge on any atom is 0.326 e. The van der Waals surface area contributed by atoms with Crippen molar-refractivity contribution in [3.63, 3.8) is 0 Å². The molecule has 1 aromatic carbocycles. The van der Waals surface area contributed by atoms with Gasteiger partial charge in [-0.25, -0.2) is 9.59 Å². The van der Waals surface area contributed by atoms with Crippen molar-refractivity contribution < 1.29 is 14.7 Å². The van der Waals surface area contributed by atoms with Crippen molar-refractivity contribution in [3.8, 4) is 0 Å². The Kier molecular flexibility index (Phi) is 6.68. The Bertz CT molecular complexity index is 520. The Labute approximate surface area is 133 Å². The molecule has 0 bridgehead atoms. The zero-order valence-electron chi connectivity index (χ0n) is 12.4.